The van der Waals surface area contributed by atoms with Gasteiger partial charge in [0, 0.05) is 23.5 Å². The molecule has 1 heterocycles. The van der Waals surface area contributed by atoms with E-state index in [-0.39, 0.29) is 5.83 Å². The lowest BCUT2D eigenvalue weighted by Gasteiger charge is -2.08. The van der Waals surface area contributed by atoms with E-state index in [4.69, 9.17) is 0 Å². The molecule has 2 rings (SSSR count). The van der Waals surface area contributed by atoms with E-state index in [1.54, 1.807) is 18.5 Å². The Bertz CT molecular complexity index is 354. The molecule has 0 amide bonds. The molecule has 66 valence electrons. The molecule has 0 aromatic carbocycles. The summed E-state index contributed by atoms with van der Waals surface area (Å²) in [5.74, 6) is -0.166. The molecule has 0 spiro atoms. The maximum absolute atomic E-state index is 13.3. The molecule has 0 saturated heterocycles. The smallest absolute Gasteiger partial charge is 0.126 e. The van der Waals surface area contributed by atoms with Gasteiger partial charge in [-0.15, -0.1) is 0 Å². The third kappa shape index (κ3) is 1.64. The third-order valence-electron chi connectivity index (χ3n) is 1.97. The van der Waals surface area contributed by atoms with Gasteiger partial charge in [-0.1, -0.05) is 6.08 Å². The molecule has 0 aliphatic heterocycles. The minimum atomic E-state index is -0.166. The van der Waals surface area contributed by atoms with Crippen LogP contribution in [-0.4, -0.2) is 9.97 Å². The van der Waals surface area contributed by atoms with Crippen LogP contribution >= 0.6 is 0 Å². The Morgan fingerprint density at radius 1 is 1.08 bits per heavy atom. The van der Waals surface area contributed by atoms with E-state index in [1.165, 1.54) is 6.33 Å². The second-order valence-corrected chi connectivity index (χ2v) is 2.87. The standard InChI is InChI=1S/C10H9FN2/c11-10-4-2-1-3-9(10)8-5-12-7-13-6-8/h3-7H,1-2H2. The zero-order valence-electron chi connectivity index (χ0n) is 7.07. The van der Waals surface area contributed by atoms with Crippen LogP contribution in [0.5, 0.6) is 0 Å². The number of halogens is 1. The molecular formula is C10H9FN2. The second kappa shape index (κ2) is 3.47. The second-order valence-electron chi connectivity index (χ2n) is 2.87. The van der Waals surface area contributed by atoms with Crippen molar-refractivity contribution >= 4 is 5.57 Å². The number of allylic oxidation sites excluding steroid dienone is 4. The number of aromatic nitrogens is 2. The van der Waals surface area contributed by atoms with Crippen molar-refractivity contribution in [1.82, 2.24) is 9.97 Å². The van der Waals surface area contributed by atoms with Gasteiger partial charge in [-0.05, 0) is 18.9 Å². The first kappa shape index (κ1) is 8.10. The summed E-state index contributed by atoms with van der Waals surface area (Å²) >= 11 is 0. The normalized spacial score (nSPS) is 16.4. The first-order chi connectivity index (χ1) is 6.38. The fraction of sp³-hybridized carbons (Fsp3) is 0.200. The molecule has 0 atom stereocenters. The van der Waals surface area contributed by atoms with Crippen LogP contribution in [0.3, 0.4) is 0 Å². The Hall–Kier alpha value is -1.51. The van der Waals surface area contributed by atoms with Gasteiger partial charge >= 0.3 is 0 Å². The first-order valence-corrected chi connectivity index (χ1v) is 4.19. The fourth-order valence-corrected chi connectivity index (χ4v) is 1.34. The molecular weight excluding hydrogens is 167 g/mol. The SMILES string of the molecule is FC1=CCCC=C1c1cncnc1. The zero-order valence-corrected chi connectivity index (χ0v) is 7.07. The molecule has 1 aliphatic rings. The van der Waals surface area contributed by atoms with Gasteiger partial charge < -0.3 is 0 Å². The van der Waals surface area contributed by atoms with Crippen LogP contribution in [0.25, 0.3) is 5.57 Å². The van der Waals surface area contributed by atoms with Crippen LogP contribution in [0.15, 0.2) is 36.7 Å². The summed E-state index contributed by atoms with van der Waals surface area (Å²) in [5.41, 5.74) is 1.36. The fourth-order valence-electron chi connectivity index (χ4n) is 1.34. The molecule has 2 nitrogen and oxygen atoms in total. The zero-order chi connectivity index (χ0) is 9.10. The van der Waals surface area contributed by atoms with E-state index < -0.39 is 0 Å². The summed E-state index contributed by atoms with van der Waals surface area (Å²) in [6.45, 7) is 0. The van der Waals surface area contributed by atoms with Gasteiger partial charge in [0.15, 0.2) is 0 Å². The molecule has 3 heteroatoms. The lowest BCUT2D eigenvalue weighted by Crippen LogP contribution is -1.92. The molecule has 0 unspecified atom stereocenters. The Kier molecular flexibility index (Phi) is 2.17. The quantitative estimate of drug-likeness (QED) is 0.657. The van der Waals surface area contributed by atoms with Crippen molar-refractivity contribution in [2.75, 3.05) is 0 Å². The van der Waals surface area contributed by atoms with Gasteiger partial charge in [-0.25, -0.2) is 14.4 Å². The Morgan fingerprint density at radius 2 is 1.77 bits per heavy atom. The van der Waals surface area contributed by atoms with Crippen molar-refractivity contribution in [3.63, 3.8) is 0 Å². The highest BCUT2D eigenvalue weighted by molar-refractivity contribution is 5.76. The molecule has 1 aromatic heterocycles. The lowest BCUT2D eigenvalue weighted by molar-refractivity contribution is 0.660. The maximum Gasteiger partial charge on any atom is 0.126 e. The highest BCUT2D eigenvalue weighted by atomic mass is 19.1. The van der Waals surface area contributed by atoms with E-state index in [1.807, 2.05) is 6.08 Å². The minimum Gasteiger partial charge on any atom is -0.244 e. The van der Waals surface area contributed by atoms with Crippen LogP contribution < -0.4 is 0 Å². The maximum atomic E-state index is 13.3. The van der Waals surface area contributed by atoms with E-state index in [0.29, 0.717) is 5.57 Å². The van der Waals surface area contributed by atoms with Crippen molar-refractivity contribution in [2.45, 2.75) is 12.8 Å². The van der Waals surface area contributed by atoms with Gasteiger partial charge in [0.05, 0.1) is 0 Å². The van der Waals surface area contributed by atoms with Crippen LogP contribution in [-0.2, 0) is 0 Å². The summed E-state index contributed by atoms with van der Waals surface area (Å²) in [7, 11) is 0. The van der Waals surface area contributed by atoms with Gasteiger partial charge in [-0.2, -0.15) is 0 Å². The lowest BCUT2D eigenvalue weighted by atomic mass is 10.0. The molecule has 13 heavy (non-hydrogen) atoms. The average Bonchev–Trinajstić information content (AvgIpc) is 2.20. The first-order valence-electron chi connectivity index (χ1n) is 4.19. The van der Waals surface area contributed by atoms with Crippen LogP contribution in [0.1, 0.15) is 18.4 Å². The summed E-state index contributed by atoms with van der Waals surface area (Å²) in [6.07, 6.45) is 9.83. The van der Waals surface area contributed by atoms with E-state index >= 15 is 0 Å². The highest BCUT2D eigenvalue weighted by Gasteiger charge is 2.10. The summed E-state index contributed by atoms with van der Waals surface area (Å²) in [5, 5.41) is 0. The van der Waals surface area contributed by atoms with Gasteiger partial charge in [0.25, 0.3) is 0 Å². The number of hydrogen-bond donors (Lipinski definition) is 0. The van der Waals surface area contributed by atoms with Crippen molar-refractivity contribution in [3.8, 4) is 0 Å². The summed E-state index contributed by atoms with van der Waals surface area (Å²) in [6, 6.07) is 0. The highest BCUT2D eigenvalue weighted by Crippen LogP contribution is 2.27. The van der Waals surface area contributed by atoms with E-state index in [9.17, 15) is 4.39 Å². The van der Waals surface area contributed by atoms with Gasteiger partial charge in [-0.3, -0.25) is 0 Å². The Labute approximate surface area is 75.8 Å². The average molecular weight is 176 g/mol. The third-order valence-corrected chi connectivity index (χ3v) is 1.97. The van der Waals surface area contributed by atoms with Crippen molar-refractivity contribution in [2.24, 2.45) is 0 Å². The molecule has 1 aromatic rings. The van der Waals surface area contributed by atoms with Gasteiger partial charge in [0.2, 0.25) is 0 Å². The van der Waals surface area contributed by atoms with E-state index in [2.05, 4.69) is 9.97 Å². The minimum absolute atomic E-state index is 0.166. The molecule has 0 radical (unpaired) electrons. The molecule has 0 N–H and O–H groups in total. The predicted molar refractivity (Wildman–Crippen MR) is 48.4 cm³/mol. The van der Waals surface area contributed by atoms with Crippen molar-refractivity contribution in [3.05, 3.63) is 42.3 Å². The predicted octanol–water partition coefficient (Wildman–Crippen LogP) is 2.51. The van der Waals surface area contributed by atoms with Crippen LogP contribution in [0, 0.1) is 0 Å². The number of hydrogen-bond acceptors (Lipinski definition) is 2. The summed E-state index contributed by atoms with van der Waals surface area (Å²) in [4.78, 5) is 7.70. The monoisotopic (exact) mass is 176 g/mol. The Morgan fingerprint density at radius 3 is 2.46 bits per heavy atom. The number of nitrogens with zero attached hydrogens (tertiary/aromatic N) is 2. The molecule has 0 fully saturated rings. The largest absolute Gasteiger partial charge is 0.244 e. The van der Waals surface area contributed by atoms with Crippen molar-refractivity contribution < 1.29 is 4.39 Å². The Balaban J connectivity index is 2.37. The molecule has 1 aliphatic carbocycles. The van der Waals surface area contributed by atoms with Crippen LogP contribution in [0.4, 0.5) is 4.39 Å². The van der Waals surface area contributed by atoms with Gasteiger partial charge in [0.1, 0.15) is 12.2 Å². The van der Waals surface area contributed by atoms with Crippen LogP contribution in [0.2, 0.25) is 0 Å². The number of rotatable bonds is 1. The van der Waals surface area contributed by atoms with Crippen molar-refractivity contribution in [1.29, 1.82) is 0 Å². The summed E-state index contributed by atoms with van der Waals surface area (Å²) < 4.78 is 13.3. The van der Waals surface area contributed by atoms with E-state index in [0.717, 1.165) is 18.4 Å². The molecule has 0 bridgehead atoms. The molecule has 0 saturated carbocycles. The topological polar surface area (TPSA) is 25.8 Å².